The molecular weight excluding hydrogens is 332 g/mol. The van der Waals surface area contributed by atoms with Crippen molar-refractivity contribution < 1.29 is 18.1 Å². The van der Waals surface area contributed by atoms with E-state index in [4.69, 9.17) is 0 Å². The summed E-state index contributed by atoms with van der Waals surface area (Å²) in [5.74, 6) is -0.436. The third kappa shape index (κ3) is 4.75. The van der Waals surface area contributed by atoms with Crippen LogP contribution in [0.1, 0.15) is 5.56 Å². The summed E-state index contributed by atoms with van der Waals surface area (Å²) in [4.78, 5) is 22.2. The van der Waals surface area contributed by atoms with Gasteiger partial charge in [-0.2, -0.15) is 0 Å². The minimum absolute atomic E-state index is 0.0612. The Morgan fingerprint density at radius 1 is 1.17 bits per heavy atom. The van der Waals surface area contributed by atoms with Gasteiger partial charge in [-0.3, -0.25) is 14.9 Å². The van der Waals surface area contributed by atoms with Gasteiger partial charge in [-0.15, -0.1) is 0 Å². The fourth-order valence-electron chi connectivity index (χ4n) is 1.88. The van der Waals surface area contributed by atoms with E-state index in [9.17, 15) is 23.3 Å². The van der Waals surface area contributed by atoms with E-state index < -0.39 is 20.7 Å². The fourth-order valence-corrected chi connectivity index (χ4v) is 2.51. The zero-order valence-corrected chi connectivity index (χ0v) is 13.5. The van der Waals surface area contributed by atoms with Gasteiger partial charge in [-0.1, -0.05) is 12.1 Å². The fraction of sp³-hybridized carbons (Fsp3) is 0.0625. The molecule has 1 amide bonds. The summed E-state index contributed by atoms with van der Waals surface area (Å²) in [5, 5.41) is 13.3. The molecule has 24 heavy (non-hydrogen) atoms. The first kappa shape index (κ1) is 17.4. The normalized spacial score (nSPS) is 11.4. The monoisotopic (exact) mass is 346 g/mol. The highest BCUT2D eigenvalue weighted by molar-refractivity contribution is 7.90. The molecule has 0 heterocycles. The number of nitrogens with zero attached hydrogens (tertiary/aromatic N) is 1. The Balaban J connectivity index is 2.05. The number of nitrogens with one attached hydrogen (secondary N) is 1. The van der Waals surface area contributed by atoms with Gasteiger partial charge in [0.05, 0.1) is 9.82 Å². The molecule has 0 saturated heterocycles. The van der Waals surface area contributed by atoms with Crippen LogP contribution in [0.4, 0.5) is 11.4 Å². The summed E-state index contributed by atoms with van der Waals surface area (Å²) < 4.78 is 22.7. The van der Waals surface area contributed by atoms with E-state index in [1.54, 1.807) is 6.07 Å². The molecule has 0 fully saturated rings. The first-order chi connectivity index (χ1) is 11.3. The summed E-state index contributed by atoms with van der Waals surface area (Å²) in [6.45, 7) is 0. The van der Waals surface area contributed by atoms with Crippen LogP contribution in [-0.4, -0.2) is 25.5 Å². The number of nitro groups is 1. The van der Waals surface area contributed by atoms with Crippen LogP contribution in [0.2, 0.25) is 0 Å². The van der Waals surface area contributed by atoms with Crippen molar-refractivity contribution in [2.75, 3.05) is 11.6 Å². The van der Waals surface area contributed by atoms with Crippen molar-refractivity contribution in [1.29, 1.82) is 0 Å². The van der Waals surface area contributed by atoms with Gasteiger partial charge in [-0.25, -0.2) is 8.42 Å². The number of benzene rings is 2. The quantitative estimate of drug-likeness (QED) is 0.509. The number of sulfone groups is 1. The number of nitro benzene ring substituents is 1. The first-order valence-corrected chi connectivity index (χ1v) is 8.68. The minimum Gasteiger partial charge on any atom is -0.323 e. The van der Waals surface area contributed by atoms with E-state index in [0.29, 0.717) is 11.3 Å². The molecule has 0 aliphatic heterocycles. The topological polar surface area (TPSA) is 106 Å². The molecular formula is C16H14N2O5S. The van der Waals surface area contributed by atoms with E-state index in [2.05, 4.69) is 5.32 Å². The van der Waals surface area contributed by atoms with E-state index in [0.717, 1.165) is 6.26 Å². The molecule has 0 aliphatic rings. The van der Waals surface area contributed by atoms with E-state index in [1.165, 1.54) is 54.6 Å². The van der Waals surface area contributed by atoms with E-state index >= 15 is 0 Å². The summed E-state index contributed by atoms with van der Waals surface area (Å²) in [7, 11) is -3.29. The highest BCUT2D eigenvalue weighted by atomic mass is 32.2. The lowest BCUT2D eigenvalue weighted by molar-refractivity contribution is -0.384. The molecule has 0 unspecified atom stereocenters. The van der Waals surface area contributed by atoms with Gasteiger partial charge in [0.1, 0.15) is 0 Å². The summed E-state index contributed by atoms with van der Waals surface area (Å²) >= 11 is 0. The molecule has 7 nitrogen and oxygen atoms in total. The third-order valence-corrected chi connectivity index (χ3v) is 4.19. The molecule has 0 spiro atoms. The average molecular weight is 346 g/mol. The van der Waals surface area contributed by atoms with Crippen LogP contribution < -0.4 is 5.32 Å². The van der Waals surface area contributed by atoms with Crippen molar-refractivity contribution in [1.82, 2.24) is 0 Å². The van der Waals surface area contributed by atoms with Gasteiger partial charge in [0.15, 0.2) is 9.84 Å². The van der Waals surface area contributed by atoms with Crippen LogP contribution in [0.25, 0.3) is 6.08 Å². The smallest absolute Gasteiger partial charge is 0.270 e. The second-order valence-electron chi connectivity index (χ2n) is 4.97. The van der Waals surface area contributed by atoms with Crippen molar-refractivity contribution in [3.63, 3.8) is 0 Å². The molecule has 124 valence electrons. The number of anilines is 1. The Kier molecular flexibility index (Phi) is 5.10. The minimum atomic E-state index is -3.29. The van der Waals surface area contributed by atoms with Gasteiger partial charge < -0.3 is 5.32 Å². The average Bonchev–Trinajstić information content (AvgIpc) is 2.53. The molecule has 0 atom stereocenters. The molecule has 0 aliphatic carbocycles. The lowest BCUT2D eigenvalue weighted by Crippen LogP contribution is -2.08. The van der Waals surface area contributed by atoms with E-state index in [-0.39, 0.29) is 10.6 Å². The van der Waals surface area contributed by atoms with Crippen LogP contribution in [-0.2, 0) is 14.6 Å². The first-order valence-electron chi connectivity index (χ1n) is 6.79. The van der Waals surface area contributed by atoms with Gasteiger partial charge in [-0.05, 0) is 35.9 Å². The largest absolute Gasteiger partial charge is 0.323 e. The summed E-state index contributed by atoms with van der Waals surface area (Å²) in [6.07, 6.45) is 3.79. The lowest BCUT2D eigenvalue weighted by Gasteiger charge is -2.03. The number of hydrogen-bond donors (Lipinski definition) is 1. The van der Waals surface area contributed by atoms with Crippen LogP contribution in [0, 0.1) is 10.1 Å². The van der Waals surface area contributed by atoms with Crippen molar-refractivity contribution in [2.24, 2.45) is 0 Å². The SMILES string of the molecule is CS(=O)(=O)c1ccc(NC(=O)/C=C/c2cccc([N+](=O)[O-])c2)cc1. The Hall–Kier alpha value is -3.00. The van der Waals surface area contributed by atoms with Gasteiger partial charge >= 0.3 is 0 Å². The van der Waals surface area contributed by atoms with Crippen molar-refractivity contribution in [3.05, 3.63) is 70.3 Å². The predicted molar refractivity (Wildman–Crippen MR) is 90.3 cm³/mol. The standard InChI is InChI=1S/C16H14N2O5S/c1-24(22,23)15-8-6-13(7-9-15)17-16(19)10-5-12-3-2-4-14(11-12)18(20)21/h2-11H,1H3,(H,17,19)/b10-5+. The number of carbonyl (C=O) groups is 1. The van der Waals surface area contributed by atoms with E-state index in [1.807, 2.05) is 0 Å². The third-order valence-electron chi connectivity index (χ3n) is 3.06. The summed E-state index contributed by atoms with van der Waals surface area (Å²) in [5.41, 5.74) is 0.900. The number of carbonyl (C=O) groups excluding carboxylic acids is 1. The predicted octanol–water partition coefficient (Wildman–Crippen LogP) is 2.65. The summed E-state index contributed by atoms with van der Waals surface area (Å²) in [6, 6.07) is 11.6. The maximum absolute atomic E-state index is 11.8. The molecule has 2 aromatic carbocycles. The van der Waals surface area contributed by atoms with Crippen molar-refractivity contribution >= 4 is 33.2 Å². The highest BCUT2D eigenvalue weighted by Gasteiger charge is 2.07. The van der Waals surface area contributed by atoms with Crippen molar-refractivity contribution in [3.8, 4) is 0 Å². The molecule has 2 rings (SSSR count). The molecule has 8 heteroatoms. The Labute approximate surface area is 138 Å². The number of amides is 1. The number of rotatable bonds is 5. The second kappa shape index (κ2) is 7.05. The van der Waals surface area contributed by atoms with Gasteiger partial charge in [0.2, 0.25) is 5.91 Å². The molecule has 0 saturated carbocycles. The molecule has 0 aromatic heterocycles. The van der Waals surface area contributed by atoms with Gasteiger partial charge in [0.25, 0.3) is 5.69 Å². The molecule has 2 aromatic rings. The second-order valence-corrected chi connectivity index (χ2v) is 6.99. The number of hydrogen-bond acceptors (Lipinski definition) is 5. The van der Waals surface area contributed by atoms with Crippen LogP contribution in [0.15, 0.2) is 59.5 Å². The van der Waals surface area contributed by atoms with Crippen LogP contribution in [0.3, 0.4) is 0 Å². The van der Waals surface area contributed by atoms with Crippen molar-refractivity contribution in [2.45, 2.75) is 4.90 Å². The molecule has 1 N–H and O–H groups in total. The van der Waals surface area contributed by atoms with Crippen LogP contribution >= 0.6 is 0 Å². The Morgan fingerprint density at radius 2 is 1.83 bits per heavy atom. The van der Waals surface area contributed by atoms with Gasteiger partial charge in [0, 0.05) is 30.2 Å². The lowest BCUT2D eigenvalue weighted by atomic mass is 10.2. The van der Waals surface area contributed by atoms with Crippen LogP contribution in [0.5, 0.6) is 0 Å². The maximum Gasteiger partial charge on any atom is 0.270 e. The highest BCUT2D eigenvalue weighted by Crippen LogP contribution is 2.15. The Morgan fingerprint density at radius 3 is 2.42 bits per heavy atom. The molecule has 0 bridgehead atoms. The zero-order valence-electron chi connectivity index (χ0n) is 12.7. The Bertz CT molecular complexity index is 902. The number of non-ortho nitro benzene ring substituents is 1. The zero-order chi connectivity index (χ0) is 17.7. The molecule has 0 radical (unpaired) electrons. The maximum atomic E-state index is 11.8.